The predicted octanol–water partition coefficient (Wildman–Crippen LogP) is 5.04. The van der Waals surface area contributed by atoms with E-state index in [4.69, 9.17) is 19.0 Å². The minimum Gasteiger partial charge on any atom is -0.503 e. The van der Waals surface area contributed by atoms with Crippen LogP contribution in [0, 0.1) is 5.82 Å². The van der Waals surface area contributed by atoms with Gasteiger partial charge in [0.15, 0.2) is 17.3 Å². The Kier molecular flexibility index (Phi) is 8.62. The summed E-state index contributed by atoms with van der Waals surface area (Å²) < 4.78 is 30.7. The minimum absolute atomic E-state index is 0.0452. The number of rotatable bonds is 11. The molecular weight excluding hydrogens is 441 g/mol. The number of carboxylic acid groups (broad SMARTS) is 1. The highest BCUT2D eigenvalue weighted by atomic mass is 19.1. The van der Waals surface area contributed by atoms with E-state index in [9.17, 15) is 14.3 Å². The van der Waals surface area contributed by atoms with Crippen molar-refractivity contribution in [2.45, 2.75) is 13.2 Å². The molecule has 0 saturated carbocycles. The molecule has 0 aliphatic rings. The van der Waals surface area contributed by atoms with Crippen molar-refractivity contribution < 1.29 is 33.3 Å². The van der Waals surface area contributed by atoms with Crippen molar-refractivity contribution in [3.8, 4) is 11.5 Å². The zero-order valence-corrected chi connectivity index (χ0v) is 18.7. The van der Waals surface area contributed by atoms with Crippen molar-refractivity contribution in [1.82, 2.24) is 0 Å². The molecule has 0 fully saturated rings. The molecule has 3 aromatic carbocycles. The number of hydrogen-bond donors (Lipinski definition) is 1. The van der Waals surface area contributed by atoms with Gasteiger partial charge in [-0.3, -0.25) is 0 Å². The van der Waals surface area contributed by atoms with Gasteiger partial charge in [0.2, 0.25) is 0 Å². The number of oxime groups is 1. The Bertz CT molecular complexity index is 1180. The van der Waals surface area contributed by atoms with Crippen LogP contribution in [0.1, 0.15) is 22.3 Å². The van der Waals surface area contributed by atoms with Crippen LogP contribution in [0.4, 0.5) is 4.39 Å². The Balaban J connectivity index is 1.74. The van der Waals surface area contributed by atoms with Gasteiger partial charge in [0.1, 0.15) is 18.8 Å². The molecule has 1 N–H and O–H groups in total. The van der Waals surface area contributed by atoms with Gasteiger partial charge in [-0.05, 0) is 28.8 Å². The molecule has 0 aliphatic heterocycles. The van der Waals surface area contributed by atoms with Crippen LogP contribution in [0.25, 0.3) is 5.57 Å². The first-order chi connectivity index (χ1) is 16.5. The fourth-order valence-corrected chi connectivity index (χ4v) is 3.14. The van der Waals surface area contributed by atoms with Gasteiger partial charge in [-0.2, -0.15) is 0 Å². The van der Waals surface area contributed by atoms with E-state index in [0.717, 1.165) is 11.8 Å². The molecule has 0 amide bonds. The van der Waals surface area contributed by atoms with E-state index < -0.39 is 11.8 Å². The highest BCUT2D eigenvalue weighted by Gasteiger charge is 2.18. The smallest absolute Gasteiger partial charge is 0.339 e. The van der Waals surface area contributed by atoms with E-state index in [-0.39, 0.29) is 30.3 Å². The molecule has 0 saturated heterocycles. The quantitative estimate of drug-likeness (QED) is 0.185. The van der Waals surface area contributed by atoms with Crippen LogP contribution >= 0.6 is 0 Å². The van der Waals surface area contributed by atoms with Gasteiger partial charge in [0, 0.05) is 5.56 Å². The number of hydrogen-bond acceptors (Lipinski definition) is 6. The summed E-state index contributed by atoms with van der Waals surface area (Å²) in [6.07, 6.45) is 2.51. The lowest BCUT2D eigenvalue weighted by atomic mass is 10.0. The lowest BCUT2D eigenvalue weighted by molar-refractivity contribution is -0.130. The van der Waals surface area contributed by atoms with Crippen molar-refractivity contribution in [3.05, 3.63) is 101 Å². The third-order valence-corrected chi connectivity index (χ3v) is 4.75. The first-order valence-electron chi connectivity index (χ1n) is 10.3. The van der Waals surface area contributed by atoms with E-state index in [1.165, 1.54) is 26.5 Å². The number of halogens is 1. The molecule has 0 aliphatic carbocycles. The Morgan fingerprint density at radius 3 is 2.47 bits per heavy atom. The number of carboxylic acids is 1. The number of methoxy groups -OCH3 is 2. The average Bonchev–Trinajstić information content (AvgIpc) is 2.85. The molecular formula is C26H24FNO6. The second-order valence-electron chi connectivity index (χ2n) is 7.05. The fourth-order valence-electron chi connectivity index (χ4n) is 3.14. The van der Waals surface area contributed by atoms with Crippen LogP contribution in [-0.4, -0.2) is 31.5 Å². The highest BCUT2D eigenvalue weighted by molar-refractivity contribution is 6.15. The first-order valence-corrected chi connectivity index (χ1v) is 10.3. The number of nitrogens with zero attached hydrogens (tertiary/aromatic N) is 1. The van der Waals surface area contributed by atoms with E-state index in [2.05, 4.69) is 5.16 Å². The monoisotopic (exact) mass is 465 g/mol. The second-order valence-corrected chi connectivity index (χ2v) is 7.05. The lowest BCUT2D eigenvalue weighted by Crippen LogP contribution is -2.07. The number of aliphatic carboxylic acids is 1. The highest BCUT2D eigenvalue weighted by Crippen LogP contribution is 2.33. The first kappa shape index (κ1) is 24.3. The van der Waals surface area contributed by atoms with Gasteiger partial charge in [0.25, 0.3) is 0 Å². The van der Waals surface area contributed by atoms with Gasteiger partial charge in [-0.1, -0.05) is 59.8 Å². The van der Waals surface area contributed by atoms with E-state index >= 15 is 0 Å². The summed E-state index contributed by atoms with van der Waals surface area (Å²) in [5, 5.41) is 13.4. The van der Waals surface area contributed by atoms with Crippen molar-refractivity contribution >= 4 is 17.8 Å². The lowest BCUT2D eigenvalue weighted by Gasteiger charge is -2.15. The largest absolute Gasteiger partial charge is 0.503 e. The molecule has 0 heterocycles. The van der Waals surface area contributed by atoms with Crippen LogP contribution in [0.5, 0.6) is 11.5 Å². The van der Waals surface area contributed by atoms with Crippen LogP contribution in [0.2, 0.25) is 0 Å². The fraction of sp³-hybridized carbons (Fsp3) is 0.154. The summed E-state index contributed by atoms with van der Waals surface area (Å²) in [4.78, 5) is 16.9. The summed E-state index contributed by atoms with van der Waals surface area (Å²) in [5.41, 5.74) is 2.27. The van der Waals surface area contributed by atoms with Crippen molar-refractivity contribution in [2.24, 2.45) is 5.16 Å². The number of carbonyl (C=O) groups is 1. The molecule has 0 bridgehead atoms. The molecule has 0 radical (unpaired) electrons. The van der Waals surface area contributed by atoms with Crippen LogP contribution in [0.3, 0.4) is 0 Å². The second kappa shape index (κ2) is 12.1. The third-order valence-electron chi connectivity index (χ3n) is 4.75. The van der Waals surface area contributed by atoms with E-state index in [0.29, 0.717) is 16.7 Å². The summed E-state index contributed by atoms with van der Waals surface area (Å²) in [5.74, 6) is -1.76. The Labute approximate surface area is 196 Å². The SMILES string of the molecule is COC=C(C(=O)O)c1ccccc1COc1c(F)cc(C=NOCc2ccccc2)cc1OC. The molecule has 3 rings (SSSR count). The Hall–Kier alpha value is -4.33. The summed E-state index contributed by atoms with van der Waals surface area (Å²) in [6, 6.07) is 19.1. The maximum atomic E-state index is 14.8. The van der Waals surface area contributed by atoms with Crippen LogP contribution in [-0.2, 0) is 27.6 Å². The minimum atomic E-state index is -1.16. The topological polar surface area (TPSA) is 86.6 Å². The van der Waals surface area contributed by atoms with Crippen molar-refractivity contribution in [2.75, 3.05) is 14.2 Å². The van der Waals surface area contributed by atoms with Crippen molar-refractivity contribution in [3.63, 3.8) is 0 Å². The van der Waals surface area contributed by atoms with Crippen LogP contribution in [0.15, 0.2) is 78.1 Å². The third kappa shape index (κ3) is 6.35. The predicted molar refractivity (Wildman–Crippen MR) is 125 cm³/mol. The van der Waals surface area contributed by atoms with Gasteiger partial charge in [-0.25, -0.2) is 9.18 Å². The van der Waals surface area contributed by atoms with Gasteiger partial charge in [0.05, 0.1) is 26.7 Å². The molecule has 3 aromatic rings. The number of ether oxygens (including phenoxy) is 3. The molecule has 0 unspecified atom stereocenters. The maximum Gasteiger partial charge on any atom is 0.339 e. The maximum absolute atomic E-state index is 14.8. The Morgan fingerprint density at radius 2 is 1.76 bits per heavy atom. The summed E-state index contributed by atoms with van der Waals surface area (Å²) >= 11 is 0. The molecule has 34 heavy (non-hydrogen) atoms. The molecule has 8 heteroatoms. The Morgan fingerprint density at radius 1 is 1.03 bits per heavy atom. The molecule has 0 aromatic heterocycles. The molecule has 0 spiro atoms. The number of benzene rings is 3. The average molecular weight is 465 g/mol. The molecule has 7 nitrogen and oxygen atoms in total. The summed E-state index contributed by atoms with van der Waals surface area (Å²) in [6.45, 7) is 0.193. The van der Waals surface area contributed by atoms with Gasteiger partial charge >= 0.3 is 5.97 Å². The van der Waals surface area contributed by atoms with Crippen LogP contribution < -0.4 is 9.47 Å². The van der Waals surface area contributed by atoms with Crippen molar-refractivity contribution in [1.29, 1.82) is 0 Å². The summed E-state index contributed by atoms with van der Waals surface area (Å²) in [7, 11) is 2.76. The van der Waals surface area contributed by atoms with Gasteiger partial charge < -0.3 is 24.2 Å². The normalized spacial score (nSPS) is 11.3. The zero-order valence-electron chi connectivity index (χ0n) is 18.7. The molecule has 176 valence electrons. The van der Waals surface area contributed by atoms with Gasteiger partial charge in [-0.15, -0.1) is 0 Å². The standard InChI is InChI=1S/C26H24FNO6/c1-31-17-22(26(29)30)21-11-7-6-10-20(21)16-33-25-23(27)12-19(13-24(25)32-2)14-28-34-15-18-8-4-3-5-9-18/h3-14,17H,15-16H2,1-2H3,(H,29,30). The zero-order chi connectivity index (χ0) is 24.3. The molecule has 0 atom stereocenters. The van der Waals surface area contributed by atoms with E-state index in [1.54, 1.807) is 30.3 Å². The van der Waals surface area contributed by atoms with E-state index in [1.807, 2.05) is 30.3 Å².